The minimum Gasteiger partial charge on any atom is -0.506 e. The van der Waals surface area contributed by atoms with Gasteiger partial charge in [0.25, 0.3) is 0 Å². The van der Waals surface area contributed by atoms with Gasteiger partial charge in [0.2, 0.25) is 11.5 Å². The highest BCUT2D eigenvalue weighted by atomic mass is 16.3. The first-order chi connectivity index (χ1) is 23.3. The molecule has 0 spiro atoms. The number of urea groups is 1. The molecule has 254 valence electrons. The largest absolute Gasteiger partial charge is 0.506 e. The first kappa shape index (κ1) is 34.6. The molecule has 4 aromatic rings. The normalized spacial score (nSPS) is 15.7. The fourth-order valence-corrected chi connectivity index (χ4v) is 6.96. The zero-order valence-electron chi connectivity index (χ0n) is 27.2. The van der Waals surface area contributed by atoms with Gasteiger partial charge in [0, 0.05) is 44.2 Å². The van der Waals surface area contributed by atoms with Gasteiger partial charge in [-0.25, -0.2) is 4.79 Å². The Bertz CT molecular complexity index is 1670. The van der Waals surface area contributed by atoms with Crippen molar-refractivity contribution in [3.05, 3.63) is 112 Å². The summed E-state index contributed by atoms with van der Waals surface area (Å²) in [5.74, 6) is -0.379. The van der Waals surface area contributed by atoms with E-state index in [0.717, 1.165) is 43.4 Å². The number of aliphatic hydroxyl groups excluding tert-OH is 1. The second kappa shape index (κ2) is 16.4. The average Bonchev–Trinajstić information content (AvgIpc) is 3.56. The summed E-state index contributed by atoms with van der Waals surface area (Å²) in [5.41, 5.74) is 7.71. The van der Waals surface area contributed by atoms with Crippen LogP contribution in [-0.4, -0.2) is 77.8 Å². The number of nitrogens with one attached hydrogen (secondary N) is 4. The van der Waals surface area contributed by atoms with Crippen molar-refractivity contribution in [3.8, 4) is 5.75 Å². The molecule has 0 bridgehead atoms. The number of H-pyrrole nitrogens is 1. The molecule has 0 aliphatic carbocycles. The zero-order chi connectivity index (χ0) is 33.9. The summed E-state index contributed by atoms with van der Waals surface area (Å²) in [5, 5.41) is 30.4. The second-order valence-corrected chi connectivity index (χ2v) is 12.4. The third kappa shape index (κ3) is 8.04. The Labute approximate surface area is 280 Å². The number of unbranched alkanes of at least 4 members (excludes halogenated alkanes) is 2. The van der Waals surface area contributed by atoms with E-state index in [1.165, 1.54) is 12.1 Å². The number of aromatic amines is 1. The lowest BCUT2D eigenvalue weighted by molar-refractivity contribution is -0.123. The summed E-state index contributed by atoms with van der Waals surface area (Å²) in [6.45, 7) is 4.30. The van der Waals surface area contributed by atoms with Crippen molar-refractivity contribution in [3.63, 3.8) is 0 Å². The predicted octanol–water partition coefficient (Wildman–Crippen LogP) is 3.12. The molecule has 1 aromatic heterocycles. The Balaban J connectivity index is 0.982. The molecule has 1 fully saturated rings. The molecule has 1 saturated heterocycles. The third-order valence-electron chi connectivity index (χ3n) is 9.36. The molecule has 2 atom stereocenters. The molecule has 3 amide bonds. The van der Waals surface area contributed by atoms with E-state index in [4.69, 9.17) is 5.73 Å². The van der Waals surface area contributed by atoms with Crippen molar-refractivity contribution >= 4 is 22.8 Å². The molecule has 3 aromatic carbocycles. The number of carbonyl (C=O) groups excluding carboxylic acids is 2. The summed E-state index contributed by atoms with van der Waals surface area (Å²) in [6.07, 6.45) is 2.65. The van der Waals surface area contributed by atoms with Gasteiger partial charge in [0.15, 0.2) is 0 Å². The van der Waals surface area contributed by atoms with Gasteiger partial charge in [-0.1, -0.05) is 73.2 Å². The minimum atomic E-state index is -0.929. The smallest absolute Gasteiger partial charge is 0.314 e. The number of aliphatic hydroxyl groups is 1. The lowest BCUT2D eigenvalue weighted by atomic mass is 9.64. The number of likely N-dealkylation sites (tertiary alicyclic amines) is 1. The van der Waals surface area contributed by atoms with Crippen LogP contribution in [0.15, 0.2) is 89.7 Å². The summed E-state index contributed by atoms with van der Waals surface area (Å²) in [4.78, 5) is 42.2. The monoisotopic (exact) mass is 654 g/mol. The SMILES string of the molecule is NC(=O)C(c1ccccc1)(c1ccccc1)C1CCN(CCNC(=O)NCCCCCNCC(O)c2ccc(O)c3[nH]c(=O)ccc23)C1. The standard InChI is InChI=1S/C37H46N6O5/c38-35(47)37(26-10-4-1-5-11-26,27-12-6-2-7-13-27)28-18-22-43(25-28)23-21-41-36(48)40-20-9-3-8-19-39-24-32(45)29-14-16-31(44)34-30(29)15-17-33(46)42-34/h1-2,4-7,10-17,28,32,39,44-45H,3,8-9,18-25H2,(H2,38,47)(H,42,46)(H2,40,41,48). The number of aromatic nitrogens is 1. The van der Waals surface area contributed by atoms with Crippen LogP contribution in [-0.2, 0) is 10.2 Å². The molecule has 11 heteroatoms. The number of aromatic hydroxyl groups is 1. The fourth-order valence-electron chi connectivity index (χ4n) is 6.96. The maximum atomic E-state index is 13.3. The molecule has 1 aliphatic rings. The number of carbonyl (C=O) groups is 2. The number of phenolic OH excluding ortho intramolecular Hbond substituents is 1. The molecular formula is C37H46N6O5. The maximum absolute atomic E-state index is 13.3. The van der Waals surface area contributed by atoms with Crippen LogP contribution in [0.1, 0.15) is 48.5 Å². The summed E-state index contributed by atoms with van der Waals surface area (Å²) < 4.78 is 0. The van der Waals surface area contributed by atoms with Gasteiger partial charge in [0.1, 0.15) is 11.2 Å². The lowest BCUT2D eigenvalue weighted by Gasteiger charge is -2.37. The Morgan fingerprint density at radius 3 is 2.25 bits per heavy atom. The van der Waals surface area contributed by atoms with Crippen LogP contribution in [0.2, 0.25) is 0 Å². The zero-order valence-corrected chi connectivity index (χ0v) is 27.2. The maximum Gasteiger partial charge on any atom is 0.314 e. The number of primary amides is 1. The number of rotatable bonds is 16. The number of benzene rings is 3. The number of hydrogen-bond acceptors (Lipinski definition) is 7. The van der Waals surface area contributed by atoms with Crippen LogP contribution in [0.4, 0.5) is 4.79 Å². The van der Waals surface area contributed by atoms with Gasteiger partial charge in [0.05, 0.1) is 11.6 Å². The van der Waals surface area contributed by atoms with E-state index in [2.05, 4.69) is 25.8 Å². The lowest BCUT2D eigenvalue weighted by Crippen LogP contribution is -2.49. The van der Waals surface area contributed by atoms with Crippen LogP contribution in [0.3, 0.4) is 0 Å². The highest BCUT2D eigenvalue weighted by molar-refractivity contribution is 5.91. The molecule has 2 heterocycles. The van der Waals surface area contributed by atoms with Crippen LogP contribution in [0.5, 0.6) is 5.75 Å². The highest BCUT2D eigenvalue weighted by Crippen LogP contribution is 2.43. The number of hydrogen-bond donors (Lipinski definition) is 7. The summed E-state index contributed by atoms with van der Waals surface area (Å²) >= 11 is 0. The van der Waals surface area contributed by atoms with E-state index in [9.17, 15) is 24.6 Å². The molecule has 11 nitrogen and oxygen atoms in total. The van der Waals surface area contributed by atoms with Gasteiger partial charge in [-0.15, -0.1) is 0 Å². The van der Waals surface area contributed by atoms with Crippen molar-refractivity contribution in [1.82, 2.24) is 25.8 Å². The fraction of sp³-hybridized carbons (Fsp3) is 0.378. The molecule has 1 aliphatic heterocycles. The van der Waals surface area contributed by atoms with Gasteiger partial charge in [-0.3, -0.25) is 9.59 Å². The van der Waals surface area contributed by atoms with Crippen molar-refractivity contribution in [2.75, 3.05) is 45.8 Å². The van der Waals surface area contributed by atoms with Gasteiger partial charge < -0.3 is 41.8 Å². The third-order valence-corrected chi connectivity index (χ3v) is 9.36. The molecular weight excluding hydrogens is 608 g/mol. The van der Waals surface area contributed by atoms with Crippen molar-refractivity contribution in [1.29, 1.82) is 0 Å². The van der Waals surface area contributed by atoms with Gasteiger partial charge in [-0.05, 0) is 67.1 Å². The Morgan fingerprint density at radius 1 is 0.896 bits per heavy atom. The van der Waals surface area contributed by atoms with Crippen LogP contribution < -0.4 is 27.2 Å². The van der Waals surface area contributed by atoms with E-state index >= 15 is 0 Å². The quantitative estimate of drug-likeness (QED) is 0.0910. The molecule has 48 heavy (non-hydrogen) atoms. The second-order valence-electron chi connectivity index (χ2n) is 12.4. The molecule has 5 rings (SSSR count). The molecule has 2 unspecified atom stereocenters. The number of phenols is 1. The summed E-state index contributed by atoms with van der Waals surface area (Å²) in [7, 11) is 0. The van der Waals surface area contributed by atoms with Crippen LogP contribution in [0.25, 0.3) is 10.9 Å². The van der Waals surface area contributed by atoms with E-state index in [1.54, 1.807) is 12.1 Å². The summed E-state index contributed by atoms with van der Waals surface area (Å²) in [6, 6.07) is 25.5. The molecule has 0 saturated carbocycles. The van der Waals surface area contributed by atoms with Crippen LogP contribution in [0, 0.1) is 5.92 Å². The molecule has 0 radical (unpaired) electrons. The number of amides is 3. The number of nitrogens with zero attached hydrogens (tertiary/aromatic N) is 1. The first-order valence-electron chi connectivity index (χ1n) is 16.7. The Kier molecular flexibility index (Phi) is 11.8. The molecule has 8 N–H and O–H groups in total. The van der Waals surface area contributed by atoms with Gasteiger partial charge >= 0.3 is 6.03 Å². The van der Waals surface area contributed by atoms with E-state index in [1.807, 2.05) is 60.7 Å². The Hall–Kier alpha value is -4.71. The van der Waals surface area contributed by atoms with E-state index < -0.39 is 11.5 Å². The van der Waals surface area contributed by atoms with Crippen LogP contribution >= 0.6 is 0 Å². The van der Waals surface area contributed by atoms with Crippen molar-refractivity contribution in [2.45, 2.75) is 37.2 Å². The number of pyridine rings is 1. The minimum absolute atomic E-state index is 0.00546. The average molecular weight is 655 g/mol. The highest BCUT2D eigenvalue weighted by Gasteiger charge is 2.49. The van der Waals surface area contributed by atoms with Crippen molar-refractivity contribution in [2.24, 2.45) is 11.7 Å². The predicted molar refractivity (Wildman–Crippen MR) is 187 cm³/mol. The van der Waals surface area contributed by atoms with E-state index in [0.29, 0.717) is 55.7 Å². The Morgan fingerprint density at radius 2 is 1.56 bits per heavy atom. The number of fused-ring (bicyclic) bond motifs is 1. The topological polar surface area (TPSA) is 173 Å². The van der Waals surface area contributed by atoms with Crippen molar-refractivity contribution < 1.29 is 19.8 Å². The van der Waals surface area contributed by atoms with Gasteiger partial charge in [-0.2, -0.15) is 0 Å². The first-order valence-corrected chi connectivity index (χ1v) is 16.7. The number of nitrogens with two attached hydrogens (primary N) is 1. The van der Waals surface area contributed by atoms with E-state index in [-0.39, 0.29) is 29.2 Å².